The average Bonchev–Trinajstić information content (AvgIpc) is 3.06. The normalized spacial score (nSPS) is 16.5. The number of primary sulfonamides is 1. The van der Waals surface area contributed by atoms with Crippen molar-refractivity contribution in [3.8, 4) is 11.1 Å². The Morgan fingerprint density at radius 1 is 1.36 bits per heavy atom. The lowest BCUT2D eigenvalue weighted by Gasteiger charge is -2.19. The molecule has 2 aromatic carbocycles. The van der Waals surface area contributed by atoms with Crippen molar-refractivity contribution in [2.45, 2.75) is 24.7 Å². The Morgan fingerprint density at radius 3 is 2.57 bits per heavy atom. The van der Waals surface area contributed by atoms with Crippen LogP contribution in [0.3, 0.4) is 0 Å². The summed E-state index contributed by atoms with van der Waals surface area (Å²) < 4.78 is 42.6. The summed E-state index contributed by atoms with van der Waals surface area (Å²) in [7, 11) is -3.88. The Bertz CT molecular complexity index is 1080. The molecule has 0 bridgehead atoms. The highest BCUT2D eigenvalue weighted by atomic mass is 35.5. The molecule has 0 radical (unpaired) electrons. The Balaban J connectivity index is 2.17. The molecule has 1 atom stereocenters. The molecule has 28 heavy (non-hydrogen) atoms. The van der Waals surface area contributed by atoms with Crippen molar-refractivity contribution in [2.75, 3.05) is 6.61 Å². The maximum atomic E-state index is 14.5. The van der Waals surface area contributed by atoms with Gasteiger partial charge in [-0.25, -0.2) is 17.9 Å². The first-order valence-electron chi connectivity index (χ1n) is 8.09. The lowest BCUT2D eigenvalue weighted by Crippen LogP contribution is -2.18. The summed E-state index contributed by atoms with van der Waals surface area (Å²) in [5.41, 5.74) is 1.60. The van der Waals surface area contributed by atoms with Crippen molar-refractivity contribution in [2.24, 2.45) is 10.3 Å². The number of aryl methyl sites for hydroxylation is 1. The molecule has 0 spiro atoms. The number of nitrogens with zero attached hydrogens (tertiary/aromatic N) is 1. The number of sulfonamides is 1. The Hall–Kier alpha value is -2.49. The molecule has 10 heteroatoms. The van der Waals surface area contributed by atoms with Gasteiger partial charge >= 0.3 is 5.97 Å². The third-order valence-corrected chi connectivity index (χ3v) is 5.49. The van der Waals surface area contributed by atoms with Crippen molar-refractivity contribution < 1.29 is 27.2 Å². The van der Waals surface area contributed by atoms with Crippen LogP contribution in [-0.4, -0.2) is 26.9 Å². The first-order valence-corrected chi connectivity index (χ1v) is 10.0. The molecule has 0 fully saturated rings. The van der Waals surface area contributed by atoms with Crippen LogP contribution in [-0.2, 0) is 24.4 Å². The van der Waals surface area contributed by atoms with E-state index in [0.717, 1.165) is 0 Å². The molecule has 148 valence electrons. The van der Waals surface area contributed by atoms with E-state index in [2.05, 4.69) is 5.16 Å². The van der Waals surface area contributed by atoms with Gasteiger partial charge in [0.25, 0.3) is 0 Å². The summed E-state index contributed by atoms with van der Waals surface area (Å²) in [4.78, 5) is 16.3. The van der Waals surface area contributed by atoms with Crippen LogP contribution in [0, 0.1) is 12.7 Å². The molecule has 1 aliphatic rings. The van der Waals surface area contributed by atoms with Crippen LogP contribution in [0.25, 0.3) is 11.1 Å². The summed E-state index contributed by atoms with van der Waals surface area (Å²) in [5, 5.41) is 8.71. The first kappa shape index (κ1) is 20.2. The summed E-state index contributed by atoms with van der Waals surface area (Å²) >= 11 is 6.29. The van der Waals surface area contributed by atoms with Gasteiger partial charge in [0.15, 0.2) is 0 Å². The van der Waals surface area contributed by atoms with Gasteiger partial charge in [-0.05, 0) is 35.7 Å². The van der Waals surface area contributed by atoms with E-state index in [4.69, 9.17) is 26.3 Å². The molecule has 7 nitrogen and oxygen atoms in total. The minimum Gasteiger partial charge on any atom is -0.408 e. The second-order valence-corrected chi connectivity index (χ2v) is 8.17. The minimum atomic E-state index is -3.88. The van der Waals surface area contributed by atoms with Crippen LogP contribution in [0.4, 0.5) is 4.39 Å². The Morgan fingerprint density at radius 2 is 2.00 bits per heavy atom. The van der Waals surface area contributed by atoms with Crippen molar-refractivity contribution in [1.29, 1.82) is 0 Å². The van der Waals surface area contributed by atoms with Crippen LogP contribution in [0.5, 0.6) is 0 Å². The fourth-order valence-electron chi connectivity index (χ4n) is 2.93. The third kappa shape index (κ3) is 3.87. The fourth-order valence-corrected chi connectivity index (χ4v) is 3.81. The number of rotatable bonds is 3. The number of ether oxygens (including phenoxy) is 1. The zero-order valence-electron chi connectivity index (χ0n) is 14.9. The molecular formula is C18H16ClFN2O5S. The number of hydrogen-bond donors (Lipinski definition) is 1. The van der Waals surface area contributed by atoms with E-state index in [1.165, 1.54) is 31.2 Å². The van der Waals surface area contributed by atoms with Crippen LogP contribution < -0.4 is 5.14 Å². The number of nitrogens with two attached hydrogens (primary N) is 1. The maximum absolute atomic E-state index is 14.5. The van der Waals surface area contributed by atoms with Gasteiger partial charge < -0.3 is 9.57 Å². The number of esters is 1. The molecule has 2 aromatic rings. The van der Waals surface area contributed by atoms with E-state index in [9.17, 15) is 17.6 Å². The van der Waals surface area contributed by atoms with Crippen molar-refractivity contribution in [3.63, 3.8) is 0 Å². The van der Waals surface area contributed by atoms with E-state index in [1.807, 2.05) is 0 Å². The van der Waals surface area contributed by atoms with Crippen molar-refractivity contribution in [3.05, 3.63) is 52.3 Å². The molecule has 0 aliphatic carbocycles. The Kier molecular flexibility index (Phi) is 5.42. The van der Waals surface area contributed by atoms with Gasteiger partial charge in [-0.3, -0.25) is 4.79 Å². The van der Waals surface area contributed by atoms with Gasteiger partial charge in [0.2, 0.25) is 15.9 Å². The minimum absolute atomic E-state index is 0.0389. The molecule has 1 unspecified atom stereocenters. The van der Waals surface area contributed by atoms with E-state index in [0.29, 0.717) is 22.3 Å². The number of carbonyl (C=O) groups excluding carboxylic acids is 1. The predicted molar refractivity (Wildman–Crippen MR) is 101 cm³/mol. The summed E-state index contributed by atoms with van der Waals surface area (Å²) in [5.74, 6) is -1.73. The molecular weight excluding hydrogens is 411 g/mol. The van der Waals surface area contributed by atoms with Crippen LogP contribution in [0.15, 0.2) is 40.4 Å². The first-order chi connectivity index (χ1) is 13.1. The topological polar surface area (TPSA) is 108 Å². The SMILES string of the molecule is CC(=O)OC1=NOCC1c1cc(C)c(F)c(Cl)c1-c1ccc(S(N)(=O)=O)cc1. The van der Waals surface area contributed by atoms with Gasteiger partial charge in [-0.2, -0.15) is 0 Å². The number of halogens is 2. The molecule has 2 N–H and O–H groups in total. The van der Waals surface area contributed by atoms with Gasteiger partial charge in [0.1, 0.15) is 18.3 Å². The van der Waals surface area contributed by atoms with Crippen LogP contribution >= 0.6 is 11.6 Å². The Labute approximate surface area is 165 Å². The van der Waals surface area contributed by atoms with Gasteiger partial charge in [0, 0.05) is 12.5 Å². The zero-order valence-corrected chi connectivity index (χ0v) is 16.5. The van der Waals surface area contributed by atoms with Crippen LogP contribution in [0.1, 0.15) is 24.0 Å². The van der Waals surface area contributed by atoms with Gasteiger partial charge in [0.05, 0.1) is 9.92 Å². The molecule has 0 aromatic heterocycles. The smallest absolute Gasteiger partial charge is 0.309 e. The number of carbonyl (C=O) groups is 1. The van der Waals surface area contributed by atoms with E-state index < -0.39 is 27.7 Å². The standard InChI is InChI=1S/C18H16ClFN2O5S/c1-9-7-13(14-8-26-22-18(14)27-10(2)23)15(16(19)17(9)20)11-3-5-12(6-4-11)28(21,24)25/h3-7,14H,8H2,1-2H3,(H2,21,24,25). The summed E-state index contributed by atoms with van der Waals surface area (Å²) in [6, 6.07) is 7.11. The van der Waals surface area contributed by atoms with E-state index in [-0.39, 0.29) is 22.4 Å². The lowest BCUT2D eigenvalue weighted by molar-refractivity contribution is -0.133. The largest absolute Gasteiger partial charge is 0.408 e. The second-order valence-electron chi connectivity index (χ2n) is 6.23. The molecule has 3 rings (SSSR count). The quantitative estimate of drug-likeness (QED) is 0.758. The fraction of sp³-hybridized carbons (Fsp3) is 0.222. The van der Waals surface area contributed by atoms with Crippen molar-refractivity contribution >= 4 is 33.5 Å². The van der Waals surface area contributed by atoms with Crippen molar-refractivity contribution in [1.82, 2.24) is 0 Å². The molecule has 1 aliphatic heterocycles. The van der Waals surface area contributed by atoms with Gasteiger partial charge in [-0.15, -0.1) is 0 Å². The number of benzene rings is 2. The zero-order chi connectivity index (χ0) is 20.6. The van der Waals surface area contributed by atoms with E-state index >= 15 is 0 Å². The molecule has 1 heterocycles. The molecule has 0 saturated heterocycles. The predicted octanol–water partition coefficient (Wildman–Crippen LogP) is 3.09. The lowest BCUT2D eigenvalue weighted by atomic mass is 9.89. The summed E-state index contributed by atoms with van der Waals surface area (Å²) in [6.07, 6.45) is 0. The summed E-state index contributed by atoms with van der Waals surface area (Å²) in [6.45, 7) is 2.86. The monoisotopic (exact) mass is 426 g/mol. The van der Waals surface area contributed by atoms with Crippen LogP contribution in [0.2, 0.25) is 5.02 Å². The molecule has 0 amide bonds. The maximum Gasteiger partial charge on any atom is 0.309 e. The second kappa shape index (κ2) is 7.50. The highest BCUT2D eigenvalue weighted by molar-refractivity contribution is 7.89. The molecule has 0 saturated carbocycles. The average molecular weight is 427 g/mol. The number of oxime groups is 1. The number of hydrogen-bond acceptors (Lipinski definition) is 6. The third-order valence-electron chi connectivity index (χ3n) is 4.21. The van der Waals surface area contributed by atoms with E-state index in [1.54, 1.807) is 13.0 Å². The highest BCUT2D eigenvalue weighted by Crippen LogP contribution is 2.40. The van der Waals surface area contributed by atoms with Gasteiger partial charge in [-0.1, -0.05) is 35.0 Å². The highest BCUT2D eigenvalue weighted by Gasteiger charge is 2.32.